The highest BCUT2D eigenvalue weighted by Crippen LogP contribution is 2.35. The van der Waals surface area contributed by atoms with Crippen LogP contribution in [0.25, 0.3) is 0 Å². The zero-order valence-electron chi connectivity index (χ0n) is 18.6. The summed E-state index contributed by atoms with van der Waals surface area (Å²) in [4.78, 5) is 17.0. The number of para-hydroxylation sites is 1. The lowest BCUT2D eigenvalue weighted by atomic mass is 10.0. The van der Waals surface area contributed by atoms with Crippen molar-refractivity contribution in [2.75, 3.05) is 37.0 Å². The van der Waals surface area contributed by atoms with Crippen LogP contribution in [0, 0.1) is 0 Å². The highest BCUT2D eigenvalue weighted by atomic mass is 19.4. The van der Waals surface area contributed by atoms with E-state index in [0.29, 0.717) is 6.54 Å². The number of nitrogens with zero attached hydrogens (tertiary/aromatic N) is 2. The van der Waals surface area contributed by atoms with E-state index in [2.05, 4.69) is 34.5 Å². The van der Waals surface area contributed by atoms with Gasteiger partial charge in [-0.15, -0.1) is 0 Å². The van der Waals surface area contributed by atoms with Crippen LogP contribution < -0.4 is 15.1 Å². The lowest BCUT2D eigenvalue weighted by Crippen LogP contribution is -2.37. The number of amides is 1. The molecule has 7 heteroatoms. The van der Waals surface area contributed by atoms with Gasteiger partial charge in [-0.3, -0.25) is 4.79 Å². The summed E-state index contributed by atoms with van der Waals surface area (Å²) in [5.41, 5.74) is 3.97. The molecule has 0 aromatic heterocycles. The van der Waals surface area contributed by atoms with Crippen molar-refractivity contribution in [1.82, 2.24) is 5.32 Å². The van der Waals surface area contributed by atoms with E-state index < -0.39 is 17.6 Å². The first-order valence-electron chi connectivity index (χ1n) is 10.8. The molecule has 33 heavy (non-hydrogen) atoms. The number of nitrogens with one attached hydrogen (secondary N) is 1. The second-order valence-corrected chi connectivity index (χ2v) is 8.36. The molecule has 0 fully saturated rings. The van der Waals surface area contributed by atoms with Gasteiger partial charge in [-0.2, -0.15) is 13.2 Å². The summed E-state index contributed by atoms with van der Waals surface area (Å²) in [5, 5.41) is 2.93. The molecular formula is C26H26F3N3O. The largest absolute Gasteiger partial charge is 0.416 e. The van der Waals surface area contributed by atoms with Gasteiger partial charge in [-0.05, 0) is 60.0 Å². The number of carbonyl (C=O) groups excluding carboxylic acids is 1. The van der Waals surface area contributed by atoms with Crippen molar-refractivity contribution in [3.63, 3.8) is 0 Å². The molecule has 1 atom stereocenters. The van der Waals surface area contributed by atoms with Crippen molar-refractivity contribution >= 4 is 17.3 Å². The molecule has 0 saturated carbocycles. The molecule has 0 saturated heterocycles. The standard InChI is InChI=1S/C26H26F3N3O/c1-31(2)22-13-9-19(10-14-22)24(32-16-15-18-5-3-4-6-23(18)32)17-30-25(33)20-7-11-21(12-8-20)26(27,28)29/h3-14,24H,15-17H2,1-2H3,(H,30,33)/t24-/m0/s1. The second-order valence-electron chi connectivity index (χ2n) is 8.36. The fourth-order valence-electron chi connectivity index (χ4n) is 4.19. The molecule has 1 aliphatic heterocycles. The van der Waals surface area contributed by atoms with Crippen LogP contribution in [0.2, 0.25) is 0 Å². The molecule has 1 N–H and O–H groups in total. The Hall–Kier alpha value is -3.48. The van der Waals surface area contributed by atoms with Crippen LogP contribution >= 0.6 is 0 Å². The minimum Gasteiger partial charge on any atom is -0.378 e. The summed E-state index contributed by atoms with van der Waals surface area (Å²) < 4.78 is 38.5. The molecule has 3 aromatic rings. The average Bonchev–Trinajstić information content (AvgIpc) is 3.23. The Balaban J connectivity index is 1.56. The van der Waals surface area contributed by atoms with Crippen molar-refractivity contribution < 1.29 is 18.0 Å². The van der Waals surface area contributed by atoms with Gasteiger partial charge in [0.15, 0.2) is 0 Å². The van der Waals surface area contributed by atoms with E-state index in [1.165, 1.54) is 17.7 Å². The molecule has 0 spiro atoms. The maximum atomic E-state index is 12.8. The van der Waals surface area contributed by atoms with Crippen LogP contribution in [-0.4, -0.2) is 33.1 Å². The van der Waals surface area contributed by atoms with Crippen LogP contribution in [0.15, 0.2) is 72.8 Å². The Morgan fingerprint density at radius 1 is 1.00 bits per heavy atom. The maximum absolute atomic E-state index is 12.8. The monoisotopic (exact) mass is 453 g/mol. The second kappa shape index (κ2) is 9.17. The van der Waals surface area contributed by atoms with Crippen molar-refractivity contribution in [1.29, 1.82) is 0 Å². The predicted molar refractivity (Wildman–Crippen MR) is 125 cm³/mol. The van der Waals surface area contributed by atoms with Crippen LogP contribution in [0.4, 0.5) is 24.5 Å². The molecule has 4 nitrogen and oxygen atoms in total. The van der Waals surface area contributed by atoms with Gasteiger partial charge in [-0.25, -0.2) is 0 Å². The minimum atomic E-state index is -4.43. The Bertz CT molecular complexity index is 1110. The first-order chi connectivity index (χ1) is 15.7. The SMILES string of the molecule is CN(C)c1ccc([C@H](CNC(=O)c2ccc(C(F)(F)F)cc2)N2CCc3ccccc32)cc1. The molecule has 1 heterocycles. The first-order valence-corrected chi connectivity index (χ1v) is 10.8. The maximum Gasteiger partial charge on any atom is 0.416 e. The number of carbonyl (C=O) groups is 1. The number of hydrogen-bond donors (Lipinski definition) is 1. The van der Waals surface area contributed by atoms with Crippen molar-refractivity contribution in [3.05, 3.63) is 95.1 Å². The van der Waals surface area contributed by atoms with E-state index in [9.17, 15) is 18.0 Å². The molecule has 4 rings (SSSR count). The Morgan fingerprint density at radius 3 is 2.30 bits per heavy atom. The Morgan fingerprint density at radius 2 is 1.67 bits per heavy atom. The van der Waals surface area contributed by atoms with Gasteiger partial charge in [0, 0.05) is 44.1 Å². The molecule has 172 valence electrons. The summed E-state index contributed by atoms with van der Waals surface area (Å²) in [6.07, 6.45) is -3.50. The number of benzene rings is 3. The fourth-order valence-corrected chi connectivity index (χ4v) is 4.19. The highest BCUT2D eigenvalue weighted by molar-refractivity contribution is 5.94. The fraction of sp³-hybridized carbons (Fsp3) is 0.269. The summed E-state index contributed by atoms with van der Waals surface area (Å²) >= 11 is 0. The van der Waals surface area contributed by atoms with Gasteiger partial charge in [-0.1, -0.05) is 30.3 Å². The average molecular weight is 454 g/mol. The van der Waals surface area contributed by atoms with E-state index in [4.69, 9.17) is 0 Å². The lowest BCUT2D eigenvalue weighted by Gasteiger charge is -2.31. The quantitative estimate of drug-likeness (QED) is 0.550. The normalized spacial score (nSPS) is 14.0. The van der Waals surface area contributed by atoms with Gasteiger partial charge in [0.25, 0.3) is 5.91 Å². The van der Waals surface area contributed by atoms with Crippen molar-refractivity contribution in [2.24, 2.45) is 0 Å². The topological polar surface area (TPSA) is 35.6 Å². The summed E-state index contributed by atoms with van der Waals surface area (Å²) in [6.45, 7) is 1.16. The number of alkyl halides is 3. The number of fused-ring (bicyclic) bond motifs is 1. The summed E-state index contributed by atoms with van der Waals surface area (Å²) in [7, 11) is 3.96. The van der Waals surface area contributed by atoms with E-state index in [0.717, 1.165) is 42.0 Å². The van der Waals surface area contributed by atoms with Gasteiger partial charge in [0.05, 0.1) is 11.6 Å². The zero-order valence-corrected chi connectivity index (χ0v) is 18.6. The number of hydrogen-bond acceptors (Lipinski definition) is 3. The van der Waals surface area contributed by atoms with Crippen LogP contribution in [0.1, 0.15) is 33.1 Å². The van der Waals surface area contributed by atoms with Gasteiger partial charge >= 0.3 is 6.18 Å². The smallest absolute Gasteiger partial charge is 0.378 e. The minimum absolute atomic E-state index is 0.108. The van der Waals surface area contributed by atoms with Gasteiger partial charge in [0.2, 0.25) is 0 Å². The third-order valence-electron chi connectivity index (χ3n) is 6.02. The molecule has 0 unspecified atom stereocenters. The zero-order chi connectivity index (χ0) is 23.6. The predicted octanol–water partition coefficient (Wildman–Crippen LogP) is 5.31. The first kappa shape index (κ1) is 22.7. The summed E-state index contributed by atoms with van der Waals surface area (Å²) in [6, 6.07) is 20.6. The van der Waals surface area contributed by atoms with Gasteiger partial charge in [0.1, 0.15) is 0 Å². The van der Waals surface area contributed by atoms with Crippen LogP contribution in [0.3, 0.4) is 0 Å². The van der Waals surface area contributed by atoms with Crippen LogP contribution in [0.5, 0.6) is 0 Å². The van der Waals surface area contributed by atoms with E-state index in [1.54, 1.807) is 0 Å². The number of anilines is 2. The third kappa shape index (κ3) is 4.97. The number of halogens is 3. The lowest BCUT2D eigenvalue weighted by molar-refractivity contribution is -0.137. The summed E-state index contributed by atoms with van der Waals surface area (Å²) in [5.74, 6) is -0.397. The van der Waals surface area contributed by atoms with Gasteiger partial charge < -0.3 is 15.1 Å². The molecule has 3 aromatic carbocycles. The molecule has 0 bridgehead atoms. The molecule has 0 aliphatic carbocycles. The van der Waals surface area contributed by atoms with Crippen LogP contribution in [-0.2, 0) is 12.6 Å². The van der Waals surface area contributed by atoms with E-state index >= 15 is 0 Å². The molecule has 0 radical (unpaired) electrons. The highest BCUT2D eigenvalue weighted by Gasteiger charge is 2.31. The molecule has 1 amide bonds. The molecular weight excluding hydrogens is 427 g/mol. The number of rotatable bonds is 6. The van der Waals surface area contributed by atoms with Crippen molar-refractivity contribution in [3.8, 4) is 0 Å². The Labute approximate surface area is 191 Å². The van der Waals surface area contributed by atoms with E-state index in [1.807, 2.05) is 43.3 Å². The Kier molecular flexibility index (Phi) is 6.31. The van der Waals surface area contributed by atoms with Crippen molar-refractivity contribution in [2.45, 2.75) is 18.6 Å². The molecule has 1 aliphatic rings. The third-order valence-corrected chi connectivity index (χ3v) is 6.02. The van der Waals surface area contributed by atoms with E-state index in [-0.39, 0.29) is 11.6 Å².